The van der Waals surface area contributed by atoms with Crippen LogP contribution in [0, 0.1) is 5.82 Å². The van der Waals surface area contributed by atoms with Crippen molar-refractivity contribution in [2.45, 2.75) is 31.3 Å². The molecule has 2 N–H and O–H groups in total. The van der Waals surface area contributed by atoms with Crippen LogP contribution in [0.2, 0.25) is 0 Å². The average molecular weight is 434 g/mol. The summed E-state index contributed by atoms with van der Waals surface area (Å²) < 4.78 is 25.1. The van der Waals surface area contributed by atoms with Gasteiger partial charge in [0.25, 0.3) is 5.79 Å². The number of aromatic nitrogens is 1. The van der Waals surface area contributed by atoms with Crippen molar-refractivity contribution in [1.29, 1.82) is 0 Å². The van der Waals surface area contributed by atoms with Crippen LogP contribution in [-0.4, -0.2) is 28.1 Å². The topological polar surface area (TPSA) is 97.8 Å². The minimum Gasteiger partial charge on any atom is -0.452 e. The van der Waals surface area contributed by atoms with Gasteiger partial charge in [0.05, 0.1) is 22.5 Å². The van der Waals surface area contributed by atoms with Crippen LogP contribution in [-0.2, 0) is 37.8 Å². The van der Waals surface area contributed by atoms with E-state index in [9.17, 15) is 19.1 Å². The average Bonchev–Trinajstić information content (AvgIpc) is 2.77. The molecule has 0 saturated heterocycles. The number of nitrogens with zero attached hydrogens (tertiary/aromatic N) is 1. The number of esters is 2. The summed E-state index contributed by atoms with van der Waals surface area (Å²) in [6, 6.07) is 13.6. The number of anilines is 1. The Morgan fingerprint density at radius 2 is 1.84 bits per heavy atom. The predicted molar refractivity (Wildman–Crippen MR) is 113 cm³/mol. The number of pyridine rings is 1. The van der Waals surface area contributed by atoms with Crippen LogP contribution in [0.4, 0.5) is 10.1 Å². The molecule has 0 amide bonds. The second kappa shape index (κ2) is 7.72. The Labute approximate surface area is 182 Å². The van der Waals surface area contributed by atoms with Gasteiger partial charge in [-0.05, 0) is 25.0 Å². The van der Waals surface area contributed by atoms with Gasteiger partial charge in [-0.15, -0.1) is 0 Å². The molecule has 1 aliphatic carbocycles. The molecule has 1 aromatic heterocycles. The predicted octanol–water partition coefficient (Wildman–Crippen LogP) is 3.10. The van der Waals surface area contributed by atoms with Crippen molar-refractivity contribution in [3.8, 4) is 0 Å². The number of carbonyl (C=O) groups is 2. The van der Waals surface area contributed by atoms with Gasteiger partial charge in [-0.2, -0.15) is 0 Å². The number of hydrogen-bond donors (Lipinski definition) is 2. The zero-order valence-corrected chi connectivity index (χ0v) is 16.9. The molecule has 162 valence electrons. The van der Waals surface area contributed by atoms with Crippen LogP contribution < -0.4 is 5.32 Å². The molecule has 3 aromatic rings. The quantitative estimate of drug-likeness (QED) is 0.612. The van der Waals surface area contributed by atoms with Gasteiger partial charge >= 0.3 is 11.9 Å². The Kier molecular flexibility index (Phi) is 4.86. The second-order valence-corrected chi connectivity index (χ2v) is 7.69. The van der Waals surface area contributed by atoms with Gasteiger partial charge in [0, 0.05) is 29.6 Å². The number of rotatable bonds is 3. The fraction of sp³-hybridized carbons (Fsp3) is 0.208. The lowest BCUT2D eigenvalue weighted by Gasteiger charge is -2.40. The Morgan fingerprint density at radius 3 is 2.69 bits per heavy atom. The van der Waals surface area contributed by atoms with Crippen LogP contribution in [0.1, 0.15) is 23.2 Å². The summed E-state index contributed by atoms with van der Waals surface area (Å²) in [5, 5.41) is 15.5. The summed E-state index contributed by atoms with van der Waals surface area (Å²) >= 11 is 0. The zero-order chi connectivity index (χ0) is 22.3. The van der Waals surface area contributed by atoms with E-state index in [1.807, 2.05) is 18.2 Å². The number of aryl methyl sites for hydroxylation is 1. The summed E-state index contributed by atoms with van der Waals surface area (Å²) in [4.78, 5) is 29.0. The molecule has 2 aromatic carbocycles. The molecule has 0 spiro atoms. The van der Waals surface area contributed by atoms with Gasteiger partial charge < -0.3 is 19.9 Å². The molecule has 0 saturated carbocycles. The molecule has 0 bridgehead atoms. The number of aliphatic hydroxyl groups is 1. The van der Waals surface area contributed by atoms with Crippen LogP contribution in [0.25, 0.3) is 10.9 Å². The molecule has 5 rings (SSSR count). The number of fused-ring (bicyclic) bond motifs is 4. The summed E-state index contributed by atoms with van der Waals surface area (Å²) in [7, 11) is 0. The number of benzene rings is 2. The Bertz CT molecular complexity index is 1270. The van der Waals surface area contributed by atoms with Crippen LogP contribution in [0.3, 0.4) is 0 Å². The summed E-state index contributed by atoms with van der Waals surface area (Å²) in [5.74, 6) is -4.25. The Morgan fingerprint density at radius 1 is 1.09 bits per heavy atom. The van der Waals surface area contributed by atoms with E-state index in [-0.39, 0.29) is 24.3 Å². The van der Waals surface area contributed by atoms with E-state index in [0.29, 0.717) is 34.3 Å². The first-order chi connectivity index (χ1) is 15.5. The molecule has 1 aliphatic heterocycles. The number of carbonyl (C=O) groups excluding carboxylic acids is 2. The molecule has 2 aliphatic rings. The highest BCUT2D eigenvalue weighted by Gasteiger charge is 2.52. The van der Waals surface area contributed by atoms with Gasteiger partial charge in [0.2, 0.25) is 0 Å². The van der Waals surface area contributed by atoms with Crippen LogP contribution in [0.5, 0.6) is 0 Å². The summed E-state index contributed by atoms with van der Waals surface area (Å²) in [6.07, 6.45) is 1.36. The number of ether oxygens (including phenoxy) is 2. The smallest absolute Gasteiger partial charge is 0.333 e. The van der Waals surface area contributed by atoms with Gasteiger partial charge in [-0.25, -0.2) is 14.0 Å². The van der Waals surface area contributed by atoms with E-state index in [2.05, 4.69) is 10.3 Å². The maximum absolute atomic E-state index is 14.2. The van der Waals surface area contributed by atoms with Crippen molar-refractivity contribution in [2.24, 2.45) is 0 Å². The minimum atomic E-state index is -2.25. The van der Waals surface area contributed by atoms with Crippen molar-refractivity contribution >= 4 is 28.5 Å². The van der Waals surface area contributed by atoms with E-state index in [4.69, 9.17) is 9.47 Å². The highest BCUT2D eigenvalue weighted by Crippen LogP contribution is 2.45. The van der Waals surface area contributed by atoms with Crippen molar-refractivity contribution in [3.63, 3.8) is 0 Å². The van der Waals surface area contributed by atoms with Gasteiger partial charge in [0.1, 0.15) is 5.82 Å². The SMILES string of the molecule is O=C1/C=C\C(=O)OC2(O)c3c(nc4ccccc4c3NCc3ccccc3F)CCC2O1. The molecule has 0 radical (unpaired) electrons. The van der Waals surface area contributed by atoms with E-state index in [0.717, 1.165) is 12.2 Å². The normalized spacial score (nSPS) is 23.2. The highest BCUT2D eigenvalue weighted by molar-refractivity contribution is 5.95. The summed E-state index contributed by atoms with van der Waals surface area (Å²) in [5.41, 5.74) is 2.24. The second-order valence-electron chi connectivity index (χ2n) is 7.69. The lowest BCUT2D eigenvalue weighted by molar-refractivity contribution is -0.262. The standard InChI is InChI=1S/C24H19FN2O5/c25-16-7-3-1-5-14(16)13-26-23-15-6-2-4-8-17(15)27-18-9-10-19-24(30,22(18)23)32-21(29)12-11-20(28)31-19/h1-8,11-12,19,30H,9-10,13H2,(H,26,27)/b12-11-. The van der Waals surface area contributed by atoms with Gasteiger partial charge in [0.15, 0.2) is 6.10 Å². The van der Waals surface area contributed by atoms with E-state index >= 15 is 0 Å². The molecule has 0 fully saturated rings. The molecule has 2 unspecified atom stereocenters. The lowest BCUT2D eigenvalue weighted by Crippen LogP contribution is -2.50. The van der Waals surface area contributed by atoms with Crippen molar-refractivity contribution in [2.75, 3.05) is 5.32 Å². The summed E-state index contributed by atoms with van der Waals surface area (Å²) in [6.45, 7) is 0.113. The first-order valence-electron chi connectivity index (χ1n) is 10.2. The van der Waals surface area contributed by atoms with Crippen molar-refractivity contribution in [3.05, 3.63) is 83.3 Å². The minimum absolute atomic E-state index is 0.113. The van der Waals surface area contributed by atoms with E-state index < -0.39 is 23.8 Å². The Balaban J connectivity index is 1.69. The van der Waals surface area contributed by atoms with E-state index in [1.54, 1.807) is 24.3 Å². The first kappa shape index (κ1) is 20.1. The molecular formula is C24H19FN2O5. The fourth-order valence-corrected chi connectivity index (χ4v) is 4.22. The van der Waals surface area contributed by atoms with E-state index in [1.165, 1.54) is 6.07 Å². The third-order valence-electron chi connectivity index (χ3n) is 5.69. The molecule has 7 nitrogen and oxygen atoms in total. The van der Waals surface area contributed by atoms with Crippen LogP contribution in [0.15, 0.2) is 60.7 Å². The monoisotopic (exact) mass is 434 g/mol. The van der Waals surface area contributed by atoms with Crippen molar-refractivity contribution in [1.82, 2.24) is 4.98 Å². The van der Waals surface area contributed by atoms with Crippen molar-refractivity contribution < 1.29 is 28.6 Å². The zero-order valence-electron chi connectivity index (χ0n) is 16.9. The number of nitrogens with one attached hydrogen (secondary N) is 1. The first-order valence-corrected chi connectivity index (χ1v) is 10.2. The fourth-order valence-electron chi connectivity index (χ4n) is 4.22. The number of hydrogen-bond acceptors (Lipinski definition) is 7. The molecule has 8 heteroatoms. The molecule has 32 heavy (non-hydrogen) atoms. The largest absolute Gasteiger partial charge is 0.452 e. The maximum Gasteiger partial charge on any atom is 0.333 e. The lowest BCUT2D eigenvalue weighted by atomic mass is 9.84. The third-order valence-corrected chi connectivity index (χ3v) is 5.69. The molecule has 2 heterocycles. The Hall–Kier alpha value is -3.78. The number of halogens is 1. The molecular weight excluding hydrogens is 415 g/mol. The van der Waals surface area contributed by atoms with Gasteiger partial charge in [-0.1, -0.05) is 36.4 Å². The van der Waals surface area contributed by atoms with Gasteiger partial charge in [-0.3, -0.25) is 4.98 Å². The van der Waals surface area contributed by atoms with Crippen LogP contribution >= 0.6 is 0 Å². The number of para-hydroxylation sites is 1. The third kappa shape index (κ3) is 3.38. The highest BCUT2D eigenvalue weighted by atomic mass is 19.1. The molecule has 2 atom stereocenters. The maximum atomic E-state index is 14.2.